The molecular formula is C16H19N3O4. The molecule has 1 aliphatic rings. The zero-order chi connectivity index (χ0) is 16.2. The van der Waals surface area contributed by atoms with E-state index in [-0.39, 0.29) is 12.0 Å². The summed E-state index contributed by atoms with van der Waals surface area (Å²) in [5.74, 6) is 1.31. The van der Waals surface area contributed by atoms with E-state index in [1.807, 2.05) is 25.1 Å². The van der Waals surface area contributed by atoms with Crippen LogP contribution in [-0.2, 0) is 16.0 Å². The molecule has 23 heavy (non-hydrogen) atoms. The van der Waals surface area contributed by atoms with Crippen molar-refractivity contribution in [3.63, 3.8) is 0 Å². The van der Waals surface area contributed by atoms with Gasteiger partial charge in [-0.1, -0.05) is 17.3 Å². The van der Waals surface area contributed by atoms with E-state index in [9.17, 15) is 4.79 Å². The molecule has 0 aliphatic carbocycles. The van der Waals surface area contributed by atoms with Crippen LogP contribution in [-0.4, -0.2) is 47.8 Å². The molecule has 2 heterocycles. The Morgan fingerprint density at radius 3 is 3.09 bits per heavy atom. The second-order valence-corrected chi connectivity index (χ2v) is 5.47. The van der Waals surface area contributed by atoms with Crippen molar-refractivity contribution < 1.29 is 18.8 Å². The molecule has 0 radical (unpaired) electrons. The van der Waals surface area contributed by atoms with Crippen molar-refractivity contribution in [2.45, 2.75) is 19.4 Å². The number of hydrogen-bond donors (Lipinski definition) is 0. The van der Waals surface area contributed by atoms with Gasteiger partial charge in [0.25, 0.3) is 0 Å². The summed E-state index contributed by atoms with van der Waals surface area (Å²) in [6.45, 7) is 3.43. The number of hydrogen-bond acceptors (Lipinski definition) is 6. The average molecular weight is 317 g/mol. The number of nitrogens with zero attached hydrogens (tertiary/aromatic N) is 3. The Morgan fingerprint density at radius 1 is 1.48 bits per heavy atom. The first kappa shape index (κ1) is 15.5. The van der Waals surface area contributed by atoms with Crippen LogP contribution in [0.4, 0.5) is 0 Å². The van der Waals surface area contributed by atoms with Gasteiger partial charge >= 0.3 is 0 Å². The summed E-state index contributed by atoms with van der Waals surface area (Å²) < 4.78 is 15.7. The van der Waals surface area contributed by atoms with E-state index < -0.39 is 0 Å². The van der Waals surface area contributed by atoms with Crippen LogP contribution in [0.2, 0.25) is 0 Å². The van der Waals surface area contributed by atoms with E-state index in [1.54, 1.807) is 12.0 Å². The first-order valence-electron chi connectivity index (χ1n) is 7.46. The van der Waals surface area contributed by atoms with Crippen LogP contribution < -0.4 is 4.74 Å². The summed E-state index contributed by atoms with van der Waals surface area (Å²) in [4.78, 5) is 18.3. The molecule has 122 valence electrons. The number of methoxy groups -OCH3 is 1. The Bertz CT molecular complexity index is 672. The Balaban J connectivity index is 1.66. The zero-order valence-corrected chi connectivity index (χ0v) is 13.2. The maximum atomic E-state index is 12.5. The van der Waals surface area contributed by atoms with Crippen LogP contribution in [0.25, 0.3) is 0 Å². The first-order chi connectivity index (χ1) is 11.2. The fourth-order valence-electron chi connectivity index (χ4n) is 2.61. The molecule has 1 fully saturated rings. The summed E-state index contributed by atoms with van der Waals surface area (Å²) in [5.41, 5.74) is 1.98. The smallest absolute Gasteiger partial charge is 0.227 e. The zero-order valence-electron chi connectivity index (χ0n) is 13.2. The third kappa shape index (κ3) is 3.50. The molecule has 7 nitrogen and oxygen atoms in total. The lowest BCUT2D eigenvalue weighted by molar-refractivity contribution is -0.138. The lowest BCUT2D eigenvalue weighted by Crippen LogP contribution is -2.43. The molecule has 7 heteroatoms. The predicted molar refractivity (Wildman–Crippen MR) is 81.0 cm³/mol. The summed E-state index contributed by atoms with van der Waals surface area (Å²) in [5, 5.41) is 3.78. The van der Waals surface area contributed by atoms with Crippen molar-refractivity contribution in [1.29, 1.82) is 0 Å². The minimum absolute atomic E-state index is 0.0488. The molecule has 1 saturated heterocycles. The second kappa shape index (κ2) is 6.78. The van der Waals surface area contributed by atoms with Crippen LogP contribution in [0.1, 0.15) is 23.1 Å². The number of ether oxygens (including phenoxy) is 2. The van der Waals surface area contributed by atoms with Crippen LogP contribution in [0, 0.1) is 6.92 Å². The molecule has 1 atom stereocenters. The molecule has 0 N–H and O–H groups in total. The summed E-state index contributed by atoms with van der Waals surface area (Å²) in [6.07, 6.45) is 1.26. The van der Waals surface area contributed by atoms with Gasteiger partial charge in [-0.05, 0) is 24.1 Å². The maximum absolute atomic E-state index is 12.5. The fourth-order valence-corrected chi connectivity index (χ4v) is 2.61. The van der Waals surface area contributed by atoms with Gasteiger partial charge in [0.2, 0.25) is 18.1 Å². The van der Waals surface area contributed by atoms with Crippen molar-refractivity contribution in [2.24, 2.45) is 0 Å². The number of aromatic nitrogens is 2. The molecular weight excluding hydrogens is 298 g/mol. The highest BCUT2D eigenvalue weighted by atomic mass is 16.5. The third-order valence-electron chi connectivity index (χ3n) is 3.91. The van der Waals surface area contributed by atoms with Crippen molar-refractivity contribution in [3.8, 4) is 5.75 Å². The van der Waals surface area contributed by atoms with Gasteiger partial charge < -0.3 is 18.9 Å². The summed E-state index contributed by atoms with van der Waals surface area (Å²) >= 11 is 0. The monoisotopic (exact) mass is 317 g/mol. The number of aryl methyl sites for hydroxylation is 1. The molecule has 1 amide bonds. The topological polar surface area (TPSA) is 77.7 Å². The number of carbonyl (C=O) groups excluding carboxylic acids is 1. The minimum atomic E-state index is -0.334. The fraction of sp³-hybridized carbons (Fsp3) is 0.438. The number of carbonyl (C=O) groups is 1. The molecule has 1 aliphatic heterocycles. The van der Waals surface area contributed by atoms with E-state index >= 15 is 0 Å². The van der Waals surface area contributed by atoms with Gasteiger partial charge in [0, 0.05) is 6.54 Å². The second-order valence-electron chi connectivity index (χ2n) is 5.47. The summed E-state index contributed by atoms with van der Waals surface area (Å²) in [7, 11) is 1.63. The number of benzene rings is 1. The average Bonchev–Trinajstić information content (AvgIpc) is 3.11. The van der Waals surface area contributed by atoms with Gasteiger partial charge in [-0.2, -0.15) is 4.98 Å². The van der Waals surface area contributed by atoms with Crippen molar-refractivity contribution >= 4 is 5.91 Å². The molecule has 2 aromatic rings. The van der Waals surface area contributed by atoms with Gasteiger partial charge in [-0.3, -0.25) is 4.79 Å². The van der Waals surface area contributed by atoms with Crippen LogP contribution in [0.3, 0.4) is 0 Å². The number of rotatable bonds is 4. The largest absolute Gasteiger partial charge is 0.496 e. The van der Waals surface area contributed by atoms with Crippen LogP contribution in [0.5, 0.6) is 5.75 Å². The lowest BCUT2D eigenvalue weighted by Gasteiger charge is -2.31. The Labute approximate surface area is 134 Å². The van der Waals surface area contributed by atoms with E-state index in [0.29, 0.717) is 31.9 Å². The van der Waals surface area contributed by atoms with E-state index in [0.717, 1.165) is 16.9 Å². The quantitative estimate of drug-likeness (QED) is 0.851. The van der Waals surface area contributed by atoms with Crippen LogP contribution >= 0.6 is 0 Å². The van der Waals surface area contributed by atoms with Gasteiger partial charge in [-0.25, -0.2) is 0 Å². The minimum Gasteiger partial charge on any atom is -0.496 e. The van der Waals surface area contributed by atoms with Crippen molar-refractivity contribution in [2.75, 3.05) is 26.8 Å². The van der Waals surface area contributed by atoms with Crippen molar-refractivity contribution in [3.05, 3.63) is 41.5 Å². The van der Waals surface area contributed by atoms with E-state index in [2.05, 4.69) is 10.1 Å². The molecule has 1 unspecified atom stereocenters. The molecule has 0 bridgehead atoms. The molecule has 3 rings (SSSR count). The maximum Gasteiger partial charge on any atom is 0.227 e. The SMILES string of the molecule is COc1cc(CC(=O)N2CCOC(c3ncon3)C2)ccc1C. The van der Waals surface area contributed by atoms with E-state index in [4.69, 9.17) is 14.0 Å². The highest BCUT2D eigenvalue weighted by molar-refractivity contribution is 5.79. The van der Waals surface area contributed by atoms with Crippen molar-refractivity contribution in [1.82, 2.24) is 15.0 Å². The van der Waals surface area contributed by atoms with Gasteiger partial charge in [0.15, 0.2) is 0 Å². The third-order valence-corrected chi connectivity index (χ3v) is 3.91. The molecule has 0 spiro atoms. The van der Waals surface area contributed by atoms with Crippen LogP contribution in [0.15, 0.2) is 29.1 Å². The molecule has 1 aromatic carbocycles. The highest BCUT2D eigenvalue weighted by Crippen LogP contribution is 2.22. The normalized spacial score (nSPS) is 18.0. The molecule has 0 saturated carbocycles. The molecule has 1 aromatic heterocycles. The Morgan fingerprint density at radius 2 is 2.35 bits per heavy atom. The highest BCUT2D eigenvalue weighted by Gasteiger charge is 2.28. The van der Waals surface area contributed by atoms with Gasteiger partial charge in [0.05, 0.1) is 26.7 Å². The van der Waals surface area contributed by atoms with E-state index in [1.165, 1.54) is 6.39 Å². The number of morpholine rings is 1. The standard InChI is InChI=1S/C16H19N3O4/c1-11-3-4-12(7-13(11)21-2)8-15(20)19-5-6-22-14(9-19)16-17-10-23-18-16/h3-4,7,10,14H,5-6,8-9H2,1-2H3. The number of amides is 1. The van der Waals surface area contributed by atoms with Gasteiger partial charge in [-0.15, -0.1) is 0 Å². The predicted octanol–water partition coefficient (Wildman–Crippen LogP) is 1.53. The first-order valence-corrected chi connectivity index (χ1v) is 7.46. The Hall–Kier alpha value is -2.41. The lowest BCUT2D eigenvalue weighted by atomic mass is 10.1. The Kier molecular flexibility index (Phi) is 4.57. The van der Waals surface area contributed by atoms with Gasteiger partial charge in [0.1, 0.15) is 11.9 Å². The summed E-state index contributed by atoms with van der Waals surface area (Å²) in [6, 6.07) is 5.82.